The van der Waals surface area contributed by atoms with E-state index in [0.717, 1.165) is 0 Å². The van der Waals surface area contributed by atoms with Gasteiger partial charge in [0.2, 0.25) is 0 Å². The zero-order chi connectivity index (χ0) is 21.7. The van der Waals surface area contributed by atoms with Gasteiger partial charge in [0.1, 0.15) is 17.2 Å². The van der Waals surface area contributed by atoms with Gasteiger partial charge in [-0.2, -0.15) is 0 Å². The van der Waals surface area contributed by atoms with E-state index in [-0.39, 0.29) is 23.7 Å². The van der Waals surface area contributed by atoms with E-state index < -0.39 is 5.91 Å². The molecule has 1 aliphatic heterocycles. The lowest BCUT2D eigenvalue weighted by molar-refractivity contribution is -0.137. The molecule has 7 nitrogen and oxygen atoms in total. The average molecular weight is 431 g/mol. The lowest BCUT2D eigenvalue weighted by atomic mass is 10.0. The van der Waals surface area contributed by atoms with E-state index in [0.29, 0.717) is 40.8 Å². The van der Waals surface area contributed by atoms with Gasteiger partial charge < -0.3 is 19.5 Å². The molecule has 1 aliphatic rings. The molecule has 1 heterocycles. The second kappa shape index (κ2) is 9.65. The fraction of sp³-hybridized carbons (Fsp3) is 0.273. The maximum Gasteiger partial charge on any atom is 0.278 e. The first-order valence-electron chi connectivity index (χ1n) is 9.35. The highest BCUT2D eigenvalue weighted by molar-refractivity contribution is 6.37. The van der Waals surface area contributed by atoms with Crippen molar-refractivity contribution in [2.24, 2.45) is 0 Å². The maximum atomic E-state index is 13.2. The Hall–Kier alpha value is -3.03. The van der Waals surface area contributed by atoms with Gasteiger partial charge in [-0.1, -0.05) is 29.8 Å². The number of hydrogen-bond acceptors (Lipinski definition) is 6. The van der Waals surface area contributed by atoms with Crippen LogP contribution in [0, 0.1) is 0 Å². The van der Waals surface area contributed by atoms with Gasteiger partial charge in [-0.3, -0.25) is 14.5 Å². The summed E-state index contributed by atoms with van der Waals surface area (Å²) in [6, 6.07) is 12.1. The zero-order valence-electron chi connectivity index (χ0n) is 17.0. The number of methoxy groups -OCH3 is 3. The van der Waals surface area contributed by atoms with Crippen LogP contribution in [0.25, 0.3) is 5.57 Å². The Balaban J connectivity index is 2.04. The Kier molecular flexibility index (Phi) is 6.97. The molecule has 0 spiro atoms. The first-order valence-corrected chi connectivity index (χ1v) is 9.73. The van der Waals surface area contributed by atoms with Crippen molar-refractivity contribution in [1.29, 1.82) is 0 Å². The molecule has 2 amide bonds. The van der Waals surface area contributed by atoms with E-state index in [1.54, 1.807) is 49.6 Å². The molecule has 8 heteroatoms. The summed E-state index contributed by atoms with van der Waals surface area (Å²) < 4.78 is 15.6. The largest absolute Gasteiger partial charge is 0.496 e. The number of para-hydroxylation sites is 1. The molecule has 0 saturated heterocycles. The molecule has 0 fully saturated rings. The maximum absolute atomic E-state index is 13.2. The summed E-state index contributed by atoms with van der Waals surface area (Å²) in [6.45, 7) is 0.691. The quantitative estimate of drug-likeness (QED) is 0.484. The number of carbonyl (C=O) groups is 2. The number of benzene rings is 2. The zero-order valence-corrected chi connectivity index (χ0v) is 17.8. The van der Waals surface area contributed by atoms with E-state index in [2.05, 4.69) is 5.32 Å². The van der Waals surface area contributed by atoms with Gasteiger partial charge in [-0.15, -0.1) is 0 Å². The van der Waals surface area contributed by atoms with Crippen molar-refractivity contribution >= 4 is 34.7 Å². The summed E-state index contributed by atoms with van der Waals surface area (Å²) >= 11 is 6.22. The van der Waals surface area contributed by atoms with Crippen LogP contribution in [0.15, 0.2) is 48.2 Å². The Labute approximate surface area is 180 Å². The summed E-state index contributed by atoms with van der Waals surface area (Å²) in [5.41, 5.74) is 1.52. The van der Waals surface area contributed by atoms with Crippen LogP contribution in [-0.2, 0) is 14.3 Å². The van der Waals surface area contributed by atoms with Crippen LogP contribution in [0.3, 0.4) is 0 Å². The lowest BCUT2D eigenvalue weighted by Gasteiger charge is -2.15. The summed E-state index contributed by atoms with van der Waals surface area (Å²) in [4.78, 5) is 27.6. The van der Waals surface area contributed by atoms with E-state index in [4.69, 9.17) is 25.8 Å². The fourth-order valence-electron chi connectivity index (χ4n) is 3.25. The third-order valence-corrected chi connectivity index (χ3v) is 4.99. The molecule has 0 bridgehead atoms. The minimum atomic E-state index is -0.413. The van der Waals surface area contributed by atoms with Crippen LogP contribution in [0.4, 0.5) is 5.69 Å². The molecule has 30 heavy (non-hydrogen) atoms. The summed E-state index contributed by atoms with van der Waals surface area (Å²) in [5, 5.41) is 3.46. The van der Waals surface area contributed by atoms with Gasteiger partial charge in [-0.05, 0) is 30.7 Å². The molecule has 0 saturated carbocycles. The average Bonchev–Trinajstić information content (AvgIpc) is 2.98. The number of nitrogens with zero attached hydrogens (tertiary/aromatic N) is 1. The number of hydrogen-bond donors (Lipinski definition) is 1. The highest BCUT2D eigenvalue weighted by Crippen LogP contribution is 2.36. The van der Waals surface area contributed by atoms with E-state index in [1.807, 2.05) is 0 Å². The van der Waals surface area contributed by atoms with Crippen molar-refractivity contribution in [2.45, 2.75) is 6.42 Å². The molecule has 2 aromatic carbocycles. The van der Waals surface area contributed by atoms with Crippen molar-refractivity contribution in [3.05, 3.63) is 58.7 Å². The number of imide groups is 1. The topological polar surface area (TPSA) is 77.1 Å². The molecule has 0 aliphatic carbocycles. The molecule has 0 unspecified atom stereocenters. The third kappa shape index (κ3) is 4.27. The SMILES string of the molecule is COCCCN1C(=O)C(Nc2ccc(OC)c(Cl)c2)=C(c2ccccc2OC)C1=O. The Morgan fingerprint density at radius 3 is 2.37 bits per heavy atom. The number of anilines is 1. The minimum Gasteiger partial charge on any atom is -0.496 e. The van der Waals surface area contributed by atoms with E-state index >= 15 is 0 Å². The van der Waals surface area contributed by atoms with Gasteiger partial charge in [-0.25, -0.2) is 0 Å². The molecule has 1 N–H and O–H groups in total. The van der Waals surface area contributed by atoms with Gasteiger partial charge in [0.25, 0.3) is 11.8 Å². The second-order valence-corrected chi connectivity index (χ2v) is 6.94. The van der Waals surface area contributed by atoms with Crippen LogP contribution in [0.1, 0.15) is 12.0 Å². The van der Waals surface area contributed by atoms with Crippen LogP contribution < -0.4 is 14.8 Å². The molecule has 0 aromatic heterocycles. The molecular weight excluding hydrogens is 408 g/mol. The molecule has 0 radical (unpaired) electrons. The number of carbonyl (C=O) groups excluding carboxylic acids is 2. The first-order chi connectivity index (χ1) is 14.5. The minimum absolute atomic E-state index is 0.170. The highest BCUT2D eigenvalue weighted by Gasteiger charge is 2.39. The summed E-state index contributed by atoms with van der Waals surface area (Å²) in [6.07, 6.45) is 0.537. The number of halogens is 1. The lowest BCUT2D eigenvalue weighted by Crippen LogP contribution is -2.33. The highest BCUT2D eigenvalue weighted by atomic mass is 35.5. The predicted molar refractivity (Wildman–Crippen MR) is 115 cm³/mol. The number of nitrogens with one attached hydrogen (secondary N) is 1. The van der Waals surface area contributed by atoms with Crippen LogP contribution in [-0.4, -0.2) is 51.2 Å². The van der Waals surface area contributed by atoms with Crippen LogP contribution >= 0.6 is 11.6 Å². The monoisotopic (exact) mass is 430 g/mol. The van der Waals surface area contributed by atoms with Gasteiger partial charge >= 0.3 is 0 Å². The Morgan fingerprint density at radius 1 is 0.967 bits per heavy atom. The van der Waals surface area contributed by atoms with Crippen molar-refractivity contribution in [3.8, 4) is 11.5 Å². The van der Waals surface area contributed by atoms with Crippen LogP contribution in [0.2, 0.25) is 5.02 Å². The second-order valence-electron chi connectivity index (χ2n) is 6.53. The standard InChI is InChI=1S/C22H23ClN2O5/c1-28-12-6-11-25-21(26)19(15-7-4-5-8-17(15)29-2)20(22(25)27)24-14-9-10-18(30-3)16(23)13-14/h4-5,7-10,13,24H,6,11-12H2,1-3H3. The van der Waals surface area contributed by atoms with E-state index in [9.17, 15) is 9.59 Å². The van der Waals surface area contributed by atoms with Crippen LogP contribution in [0.5, 0.6) is 11.5 Å². The third-order valence-electron chi connectivity index (χ3n) is 4.70. The first kappa shape index (κ1) is 21.7. The number of ether oxygens (including phenoxy) is 3. The molecule has 0 atom stereocenters. The molecule has 158 valence electrons. The van der Waals surface area contributed by atoms with E-state index in [1.165, 1.54) is 19.1 Å². The Bertz CT molecular complexity index is 989. The Morgan fingerprint density at radius 2 is 1.70 bits per heavy atom. The normalized spacial score (nSPS) is 13.8. The molecule has 2 aromatic rings. The van der Waals surface area contributed by atoms with Gasteiger partial charge in [0, 0.05) is 31.5 Å². The smallest absolute Gasteiger partial charge is 0.278 e. The summed E-state index contributed by atoms with van der Waals surface area (Å²) in [5.74, 6) is 0.210. The van der Waals surface area contributed by atoms with Gasteiger partial charge in [0.05, 0.1) is 24.8 Å². The molecular formula is C22H23ClN2O5. The van der Waals surface area contributed by atoms with Crippen molar-refractivity contribution in [2.75, 3.05) is 39.8 Å². The van der Waals surface area contributed by atoms with Crippen molar-refractivity contribution in [3.63, 3.8) is 0 Å². The van der Waals surface area contributed by atoms with Gasteiger partial charge in [0.15, 0.2) is 0 Å². The predicted octanol–water partition coefficient (Wildman–Crippen LogP) is 3.59. The fourth-order valence-corrected chi connectivity index (χ4v) is 3.51. The number of amides is 2. The molecule has 3 rings (SSSR count). The van der Waals surface area contributed by atoms with Crippen molar-refractivity contribution in [1.82, 2.24) is 4.90 Å². The van der Waals surface area contributed by atoms with Crippen molar-refractivity contribution < 1.29 is 23.8 Å². The number of rotatable bonds is 9. The summed E-state index contributed by atoms with van der Waals surface area (Å²) in [7, 11) is 4.62.